The van der Waals surface area contributed by atoms with Gasteiger partial charge in [-0.05, 0) is 46.1 Å². The van der Waals surface area contributed by atoms with Crippen molar-refractivity contribution in [2.24, 2.45) is 0 Å². The number of carbonyl (C=O) groups excluding carboxylic acids is 1. The standard InChI is InChI=1S/C13H17BrO5/c1-4-19-13(16)12(15)9-6-10(14)11(18-3)5-8(9)7-17-2/h5-6,12,15H,4,7H2,1-3H3. The van der Waals surface area contributed by atoms with Crippen LogP contribution < -0.4 is 4.74 Å². The number of hydrogen-bond donors (Lipinski definition) is 1. The third-order valence-corrected chi connectivity index (χ3v) is 3.14. The Morgan fingerprint density at radius 3 is 2.63 bits per heavy atom. The molecule has 1 N–H and O–H groups in total. The number of ether oxygens (including phenoxy) is 3. The van der Waals surface area contributed by atoms with E-state index in [9.17, 15) is 9.90 Å². The lowest BCUT2D eigenvalue weighted by molar-refractivity contribution is -0.153. The van der Waals surface area contributed by atoms with Crippen LogP contribution in [0.3, 0.4) is 0 Å². The summed E-state index contributed by atoms with van der Waals surface area (Å²) < 4.78 is 15.7. The van der Waals surface area contributed by atoms with Gasteiger partial charge in [0.2, 0.25) is 0 Å². The van der Waals surface area contributed by atoms with Crippen LogP contribution in [0.4, 0.5) is 0 Å². The summed E-state index contributed by atoms with van der Waals surface area (Å²) in [6, 6.07) is 3.35. The molecule has 0 aromatic heterocycles. The molecule has 0 saturated carbocycles. The smallest absolute Gasteiger partial charge is 0.339 e. The number of rotatable bonds is 6. The first-order valence-corrected chi connectivity index (χ1v) is 6.54. The first kappa shape index (κ1) is 15.9. The van der Waals surface area contributed by atoms with Crippen molar-refractivity contribution in [2.75, 3.05) is 20.8 Å². The fourth-order valence-electron chi connectivity index (χ4n) is 1.65. The summed E-state index contributed by atoms with van der Waals surface area (Å²) in [4.78, 5) is 11.6. The van der Waals surface area contributed by atoms with E-state index in [1.54, 1.807) is 19.1 Å². The van der Waals surface area contributed by atoms with Crippen LogP contribution >= 0.6 is 15.9 Å². The van der Waals surface area contributed by atoms with E-state index in [2.05, 4.69) is 15.9 Å². The van der Waals surface area contributed by atoms with Crippen LogP contribution in [0.15, 0.2) is 16.6 Å². The molecular formula is C13H17BrO5. The normalized spacial score (nSPS) is 12.1. The van der Waals surface area contributed by atoms with Crippen molar-refractivity contribution in [1.29, 1.82) is 0 Å². The highest BCUT2D eigenvalue weighted by Gasteiger charge is 2.23. The average Bonchev–Trinajstić information content (AvgIpc) is 2.40. The van der Waals surface area contributed by atoms with E-state index in [4.69, 9.17) is 14.2 Å². The number of halogens is 1. The molecule has 19 heavy (non-hydrogen) atoms. The molecule has 0 amide bonds. The summed E-state index contributed by atoms with van der Waals surface area (Å²) in [7, 11) is 3.08. The maximum atomic E-state index is 11.6. The molecule has 1 atom stereocenters. The van der Waals surface area contributed by atoms with Gasteiger partial charge in [-0.3, -0.25) is 0 Å². The third-order valence-electron chi connectivity index (χ3n) is 2.52. The molecule has 6 heteroatoms. The summed E-state index contributed by atoms with van der Waals surface area (Å²) in [5.41, 5.74) is 1.11. The molecule has 0 fully saturated rings. The van der Waals surface area contributed by atoms with Gasteiger partial charge in [-0.1, -0.05) is 0 Å². The maximum Gasteiger partial charge on any atom is 0.339 e. The van der Waals surface area contributed by atoms with Gasteiger partial charge >= 0.3 is 5.97 Å². The van der Waals surface area contributed by atoms with Gasteiger partial charge in [0, 0.05) is 7.11 Å². The summed E-state index contributed by atoms with van der Waals surface area (Å²) in [6.45, 7) is 2.16. The van der Waals surface area contributed by atoms with Gasteiger partial charge in [0.15, 0.2) is 6.10 Å². The van der Waals surface area contributed by atoms with Gasteiger partial charge in [0.25, 0.3) is 0 Å². The van der Waals surface area contributed by atoms with Crippen molar-refractivity contribution in [3.63, 3.8) is 0 Å². The highest BCUT2D eigenvalue weighted by atomic mass is 79.9. The molecule has 1 unspecified atom stereocenters. The Balaban J connectivity index is 3.16. The SMILES string of the molecule is CCOC(=O)C(O)c1cc(Br)c(OC)cc1COC. The third kappa shape index (κ3) is 3.92. The highest BCUT2D eigenvalue weighted by Crippen LogP contribution is 2.32. The number of benzene rings is 1. The minimum atomic E-state index is -1.34. The second-order valence-corrected chi connectivity index (χ2v) is 4.63. The molecular weight excluding hydrogens is 316 g/mol. The van der Waals surface area contributed by atoms with Crippen molar-refractivity contribution in [3.05, 3.63) is 27.7 Å². The van der Waals surface area contributed by atoms with Crippen LogP contribution in [-0.2, 0) is 20.9 Å². The van der Waals surface area contributed by atoms with Gasteiger partial charge in [0.05, 0.1) is 24.8 Å². The number of hydrogen-bond acceptors (Lipinski definition) is 5. The minimum absolute atomic E-state index is 0.215. The maximum absolute atomic E-state index is 11.6. The van der Waals surface area contributed by atoms with Crippen molar-refractivity contribution < 1.29 is 24.1 Å². The summed E-state index contributed by atoms with van der Waals surface area (Å²) in [6.07, 6.45) is -1.34. The number of methoxy groups -OCH3 is 2. The average molecular weight is 333 g/mol. The second-order valence-electron chi connectivity index (χ2n) is 3.77. The van der Waals surface area contributed by atoms with Crippen molar-refractivity contribution in [3.8, 4) is 5.75 Å². The van der Waals surface area contributed by atoms with Crippen molar-refractivity contribution in [1.82, 2.24) is 0 Å². The fraction of sp³-hybridized carbons (Fsp3) is 0.462. The molecule has 1 rings (SSSR count). The van der Waals surface area contributed by atoms with Crippen LogP contribution in [0.5, 0.6) is 5.75 Å². The molecule has 0 aliphatic carbocycles. The quantitative estimate of drug-likeness (QED) is 0.809. The van der Waals surface area contributed by atoms with Crippen molar-refractivity contribution in [2.45, 2.75) is 19.6 Å². The molecule has 106 valence electrons. The van der Waals surface area contributed by atoms with Crippen molar-refractivity contribution >= 4 is 21.9 Å². The van der Waals surface area contributed by atoms with E-state index in [1.807, 2.05) is 0 Å². The van der Waals surface area contributed by atoms with E-state index in [1.165, 1.54) is 14.2 Å². The monoisotopic (exact) mass is 332 g/mol. The first-order valence-electron chi connectivity index (χ1n) is 5.75. The van der Waals surface area contributed by atoms with Crippen LogP contribution in [0.2, 0.25) is 0 Å². The van der Waals surface area contributed by atoms with Crippen LogP contribution in [0, 0.1) is 0 Å². The van der Waals surface area contributed by atoms with Gasteiger partial charge in [-0.15, -0.1) is 0 Å². The lowest BCUT2D eigenvalue weighted by atomic mass is 10.0. The van der Waals surface area contributed by atoms with E-state index in [0.717, 1.165) is 0 Å². The van der Waals surface area contributed by atoms with Gasteiger partial charge < -0.3 is 19.3 Å². The zero-order chi connectivity index (χ0) is 14.4. The Kier molecular flexibility index (Phi) is 6.27. The van der Waals surface area contributed by atoms with Crippen LogP contribution in [0.1, 0.15) is 24.2 Å². The Morgan fingerprint density at radius 2 is 2.11 bits per heavy atom. The zero-order valence-electron chi connectivity index (χ0n) is 11.1. The predicted octanol–water partition coefficient (Wildman–Crippen LogP) is 2.20. The molecule has 0 saturated heterocycles. The molecule has 5 nitrogen and oxygen atoms in total. The topological polar surface area (TPSA) is 65.0 Å². The molecule has 0 aliphatic heterocycles. The summed E-state index contributed by atoms with van der Waals surface area (Å²) in [5.74, 6) is -0.0798. The molecule has 0 bridgehead atoms. The lowest BCUT2D eigenvalue weighted by Gasteiger charge is -2.16. The van der Waals surface area contributed by atoms with E-state index in [0.29, 0.717) is 21.3 Å². The molecule has 0 spiro atoms. The summed E-state index contributed by atoms with van der Waals surface area (Å²) >= 11 is 3.32. The number of aliphatic hydroxyl groups excluding tert-OH is 1. The van der Waals surface area contributed by atoms with E-state index in [-0.39, 0.29) is 13.2 Å². The zero-order valence-corrected chi connectivity index (χ0v) is 12.7. The fourth-order valence-corrected chi connectivity index (χ4v) is 2.17. The number of esters is 1. The number of carbonyl (C=O) groups is 1. The first-order chi connectivity index (χ1) is 9.04. The minimum Gasteiger partial charge on any atom is -0.496 e. The van der Waals surface area contributed by atoms with Gasteiger partial charge in [0.1, 0.15) is 5.75 Å². The van der Waals surface area contributed by atoms with E-state index >= 15 is 0 Å². The second kappa shape index (κ2) is 7.47. The number of aliphatic hydroxyl groups is 1. The largest absolute Gasteiger partial charge is 0.496 e. The van der Waals surface area contributed by atoms with Crippen LogP contribution in [-0.4, -0.2) is 31.9 Å². The Morgan fingerprint density at radius 1 is 1.42 bits per heavy atom. The Bertz CT molecular complexity index is 447. The van der Waals surface area contributed by atoms with Crippen LogP contribution in [0.25, 0.3) is 0 Å². The van der Waals surface area contributed by atoms with Gasteiger partial charge in [-0.2, -0.15) is 0 Å². The lowest BCUT2D eigenvalue weighted by Crippen LogP contribution is -2.17. The molecule has 0 aliphatic rings. The molecule has 0 heterocycles. The van der Waals surface area contributed by atoms with Gasteiger partial charge in [-0.25, -0.2) is 4.79 Å². The van der Waals surface area contributed by atoms with E-state index < -0.39 is 12.1 Å². The predicted molar refractivity (Wildman–Crippen MR) is 73.0 cm³/mol. The summed E-state index contributed by atoms with van der Waals surface area (Å²) in [5, 5.41) is 10.0. The molecule has 1 aromatic carbocycles. The highest BCUT2D eigenvalue weighted by molar-refractivity contribution is 9.10. The molecule has 1 aromatic rings. The Hall–Kier alpha value is -1.11. The molecule has 0 radical (unpaired) electrons. The Labute approximate surface area is 120 Å².